The van der Waals surface area contributed by atoms with Crippen LogP contribution >= 0.6 is 0 Å². The summed E-state index contributed by atoms with van der Waals surface area (Å²) in [6.45, 7) is -0.822. The molecule has 0 saturated heterocycles. The lowest BCUT2D eigenvalue weighted by molar-refractivity contribution is 0.466. The summed E-state index contributed by atoms with van der Waals surface area (Å²) in [5.74, 6) is -0.194. The van der Waals surface area contributed by atoms with E-state index in [1.807, 2.05) is 0 Å². The molecular formula is C10H9N3O3S. The van der Waals surface area contributed by atoms with Crippen LogP contribution in [0, 0.1) is 22.7 Å². The Morgan fingerprint density at radius 1 is 1.24 bits per heavy atom. The van der Waals surface area contributed by atoms with E-state index in [9.17, 15) is 13.5 Å². The number of phenols is 1. The van der Waals surface area contributed by atoms with Crippen LogP contribution in [0.1, 0.15) is 0 Å². The summed E-state index contributed by atoms with van der Waals surface area (Å²) in [7, 11) is -3.92. The third kappa shape index (κ3) is 2.94. The third-order valence-electron chi connectivity index (χ3n) is 1.95. The summed E-state index contributed by atoms with van der Waals surface area (Å²) >= 11 is 0. The van der Waals surface area contributed by atoms with Crippen LogP contribution in [0.4, 0.5) is 0 Å². The average molecular weight is 251 g/mol. The lowest BCUT2D eigenvalue weighted by Crippen LogP contribution is -2.31. The Morgan fingerprint density at radius 3 is 2.29 bits per heavy atom. The SMILES string of the molecule is N#CCN(CC#N)S(=O)(=O)c1cccc(O)c1. The van der Waals surface area contributed by atoms with Gasteiger partial charge in [-0.2, -0.15) is 14.8 Å². The highest BCUT2D eigenvalue weighted by Crippen LogP contribution is 2.19. The molecule has 0 atom stereocenters. The second-order valence-electron chi connectivity index (χ2n) is 3.09. The third-order valence-corrected chi connectivity index (χ3v) is 3.74. The fraction of sp³-hybridized carbons (Fsp3) is 0.200. The van der Waals surface area contributed by atoms with Crippen LogP contribution in [-0.4, -0.2) is 30.9 Å². The van der Waals surface area contributed by atoms with E-state index in [0.29, 0.717) is 0 Å². The van der Waals surface area contributed by atoms with Crippen molar-refractivity contribution in [1.82, 2.24) is 4.31 Å². The first-order valence-electron chi connectivity index (χ1n) is 4.55. The molecule has 0 unspecified atom stereocenters. The number of hydrogen-bond donors (Lipinski definition) is 1. The highest BCUT2D eigenvalue weighted by atomic mass is 32.2. The highest BCUT2D eigenvalue weighted by molar-refractivity contribution is 7.89. The zero-order valence-corrected chi connectivity index (χ0v) is 9.55. The molecule has 0 aliphatic carbocycles. The largest absolute Gasteiger partial charge is 0.508 e. The van der Waals surface area contributed by atoms with Gasteiger partial charge in [-0.25, -0.2) is 8.42 Å². The molecule has 17 heavy (non-hydrogen) atoms. The van der Waals surface area contributed by atoms with Crippen molar-refractivity contribution in [3.05, 3.63) is 24.3 Å². The predicted octanol–water partition coefficient (Wildman–Crippen LogP) is 0.430. The molecule has 0 aromatic heterocycles. The second-order valence-corrected chi connectivity index (χ2v) is 5.02. The lowest BCUT2D eigenvalue weighted by Gasteiger charge is -2.15. The zero-order chi connectivity index (χ0) is 12.9. The van der Waals surface area contributed by atoms with Crippen molar-refractivity contribution in [2.24, 2.45) is 0 Å². The molecule has 0 spiro atoms. The van der Waals surface area contributed by atoms with Crippen molar-refractivity contribution >= 4 is 10.0 Å². The number of nitriles is 2. The summed E-state index contributed by atoms with van der Waals surface area (Å²) in [5.41, 5.74) is 0. The molecule has 0 saturated carbocycles. The maximum absolute atomic E-state index is 12.0. The van der Waals surface area contributed by atoms with Crippen molar-refractivity contribution in [2.75, 3.05) is 13.1 Å². The van der Waals surface area contributed by atoms with Gasteiger partial charge in [-0.1, -0.05) is 6.07 Å². The first-order chi connectivity index (χ1) is 8.02. The number of benzene rings is 1. The number of phenolic OH excluding ortho intramolecular Hbond substituents is 1. The van der Waals surface area contributed by atoms with Gasteiger partial charge in [0.25, 0.3) is 0 Å². The molecule has 0 aliphatic rings. The van der Waals surface area contributed by atoms with E-state index in [0.717, 1.165) is 10.4 Å². The van der Waals surface area contributed by atoms with Crippen molar-refractivity contribution in [2.45, 2.75) is 4.90 Å². The van der Waals surface area contributed by atoms with Gasteiger partial charge in [0.15, 0.2) is 0 Å². The molecule has 1 N–H and O–H groups in total. The number of rotatable bonds is 4. The maximum Gasteiger partial charge on any atom is 0.245 e. The van der Waals surface area contributed by atoms with E-state index in [1.165, 1.54) is 18.2 Å². The van der Waals surface area contributed by atoms with Crippen molar-refractivity contribution < 1.29 is 13.5 Å². The quantitative estimate of drug-likeness (QED) is 0.781. The van der Waals surface area contributed by atoms with Crippen LogP contribution in [0.3, 0.4) is 0 Å². The minimum absolute atomic E-state index is 0.150. The molecule has 1 aromatic carbocycles. The Kier molecular flexibility index (Phi) is 4.05. The predicted molar refractivity (Wildman–Crippen MR) is 58.1 cm³/mol. The van der Waals surface area contributed by atoms with E-state index in [2.05, 4.69) is 0 Å². The highest BCUT2D eigenvalue weighted by Gasteiger charge is 2.24. The van der Waals surface area contributed by atoms with E-state index < -0.39 is 23.1 Å². The maximum atomic E-state index is 12.0. The minimum atomic E-state index is -3.92. The number of aromatic hydroxyl groups is 1. The summed E-state index contributed by atoms with van der Waals surface area (Å²) in [4.78, 5) is -0.150. The number of sulfonamides is 1. The van der Waals surface area contributed by atoms with E-state index >= 15 is 0 Å². The average Bonchev–Trinajstić information content (AvgIpc) is 2.29. The van der Waals surface area contributed by atoms with Crippen molar-refractivity contribution in [3.8, 4) is 17.9 Å². The molecule has 0 aliphatic heterocycles. The molecule has 0 bridgehead atoms. The van der Waals surface area contributed by atoms with Gasteiger partial charge >= 0.3 is 0 Å². The summed E-state index contributed by atoms with van der Waals surface area (Å²) < 4.78 is 24.7. The summed E-state index contributed by atoms with van der Waals surface area (Å²) in [5, 5.41) is 26.2. The van der Waals surface area contributed by atoms with Gasteiger partial charge in [0, 0.05) is 0 Å². The Bertz CT molecular complexity index is 568. The van der Waals surface area contributed by atoms with Crippen LogP contribution in [0.15, 0.2) is 29.2 Å². The van der Waals surface area contributed by atoms with Gasteiger partial charge in [-0.05, 0) is 18.2 Å². The number of hydrogen-bond acceptors (Lipinski definition) is 5. The smallest absolute Gasteiger partial charge is 0.245 e. The van der Waals surface area contributed by atoms with Crippen LogP contribution in [0.2, 0.25) is 0 Å². The topological polar surface area (TPSA) is 105 Å². The minimum Gasteiger partial charge on any atom is -0.508 e. The summed E-state index contributed by atoms with van der Waals surface area (Å²) in [6, 6.07) is 8.41. The van der Waals surface area contributed by atoms with E-state index in [1.54, 1.807) is 12.1 Å². The molecule has 88 valence electrons. The molecule has 6 nitrogen and oxygen atoms in total. The van der Waals surface area contributed by atoms with Crippen LogP contribution < -0.4 is 0 Å². The van der Waals surface area contributed by atoms with Gasteiger partial charge in [-0.15, -0.1) is 0 Å². The second kappa shape index (κ2) is 5.30. The lowest BCUT2D eigenvalue weighted by atomic mass is 10.3. The van der Waals surface area contributed by atoms with Crippen LogP contribution in [-0.2, 0) is 10.0 Å². The standard InChI is InChI=1S/C10H9N3O3S/c11-4-6-13(7-5-12)17(15,16)10-3-1-2-9(14)8-10/h1-3,8,14H,6-7H2. The van der Waals surface area contributed by atoms with Gasteiger partial charge in [-0.3, -0.25) is 0 Å². The van der Waals surface area contributed by atoms with Crippen LogP contribution in [0.25, 0.3) is 0 Å². The Labute approximate surface area is 99.0 Å². The molecule has 0 radical (unpaired) electrons. The molecule has 1 rings (SSSR count). The van der Waals surface area contributed by atoms with Crippen molar-refractivity contribution in [1.29, 1.82) is 10.5 Å². The molecular weight excluding hydrogens is 242 g/mol. The fourth-order valence-electron chi connectivity index (χ4n) is 1.18. The monoisotopic (exact) mass is 251 g/mol. The first kappa shape index (κ1) is 13.0. The molecule has 0 fully saturated rings. The Morgan fingerprint density at radius 2 is 1.82 bits per heavy atom. The Balaban J connectivity index is 3.18. The van der Waals surface area contributed by atoms with Gasteiger partial charge < -0.3 is 5.11 Å². The molecule has 1 aromatic rings. The molecule has 7 heteroatoms. The molecule has 0 amide bonds. The van der Waals surface area contributed by atoms with E-state index in [4.69, 9.17) is 10.5 Å². The number of nitrogens with zero attached hydrogens (tertiary/aromatic N) is 3. The van der Waals surface area contributed by atoms with Gasteiger partial charge in [0.05, 0.1) is 17.0 Å². The first-order valence-corrected chi connectivity index (χ1v) is 5.99. The normalized spacial score (nSPS) is 10.8. The van der Waals surface area contributed by atoms with Gasteiger partial charge in [0.1, 0.15) is 18.8 Å². The van der Waals surface area contributed by atoms with E-state index in [-0.39, 0.29) is 10.6 Å². The Hall–Kier alpha value is -2.09. The van der Waals surface area contributed by atoms with Gasteiger partial charge in [0.2, 0.25) is 10.0 Å². The zero-order valence-electron chi connectivity index (χ0n) is 8.74. The molecule has 0 heterocycles. The van der Waals surface area contributed by atoms with Crippen LogP contribution in [0.5, 0.6) is 5.75 Å². The van der Waals surface area contributed by atoms with Crippen molar-refractivity contribution in [3.63, 3.8) is 0 Å². The summed E-state index contributed by atoms with van der Waals surface area (Å²) in [6.07, 6.45) is 0. The fourth-order valence-corrected chi connectivity index (χ4v) is 2.45.